The average molecular weight is 315 g/mol. The van der Waals surface area contributed by atoms with E-state index in [2.05, 4.69) is 5.32 Å². The average Bonchev–Trinajstić information content (AvgIpc) is 2.80. The maximum atomic E-state index is 12.1. The van der Waals surface area contributed by atoms with E-state index in [0.29, 0.717) is 36.0 Å². The number of carbonyl (C=O) groups is 2. The Bertz CT molecular complexity index is 534. The van der Waals surface area contributed by atoms with Gasteiger partial charge in [0.2, 0.25) is 11.8 Å². The summed E-state index contributed by atoms with van der Waals surface area (Å²) in [5.41, 5.74) is 0.875. The van der Waals surface area contributed by atoms with Crippen LogP contribution < -0.4 is 5.32 Å². The number of nitrogens with one attached hydrogen (secondary N) is 1. The molecule has 0 spiro atoms. The zero-order chi connectivity index (χ0) is 14.7. The zero-order valence-corrected chi connectivity index (χ0v) is 12.7. The molecule has 1 atom stereocenters. The molecule has 1 N–H and O–H groups in total. The summed E-state index contributed by atoms with van der Waals surface area (Å²) in [7, 11) is 0. The third-order valence-electron chi connectivity index (χ3n) is 3.42. The van der Waals surface area contributed by atoms with Crippen molar-refractivity contribution in [3.63, 3.8) is 0 Å². The van der Waals surface area contributed by atoms with E-state index in [9.17, 15) is 9.59 Å². The first-order valence-electron chi connectivity index (χ1n) is 6.54. The van der Waals surface area contributed by atoms with E-state index in [1.165, 1.54) is 0 Å². The van der Waals surface area contributed by atoms with E-state index in [4.69, 9.17) is 23.2 Å². The number of likely N-dealkylation sites (tertiary alicyclic amines) is 1. The van der Waals surface area contributed by atoms with Gasteiger partial charge >= 0.3 is 0 Å². The molecule has 6 heteroatoms. The maximum absolute atomic E-state index is 12.1. The third-order valence-corrected chi connectivity index (χ3v) is 4.16. The number of nitrogens with zero attached hydrogens (tertiary/aromatic N) is 1. The summed E-state index contributed by atoms with van der Waals surface area (Å²) in [6, 6.07) is 4.88. The Hall–Kier alpha value is -1.26. The molecule has 1 saturated heterocycles. The summed E-state index contributed by atoms with van der Waals surface area (Å²) < 4.78 is 0. The van der Waals surface area contributed by atoms with Crippen molar-refractivity contribution >= 4 is 35.0 Å². The van der Waals surface area contributed by atoms with Gasteiger partial charge in [0.25, 0.3) is 0 Å². The number of halogens is 2. The molecule has 108 valence electrons. The number of carbonyl (C=O) groups excluding carboxylic acids is 2. The van der Waals surface area contributed by atoms with E-state index in [1.807, 2.05) is 13.0 Å². The van der Waals surface area contributed by atoms with E-state index in [1.54, 1.807) is 17.0 Å². The van der Waals surface area contributed by atoms with Gasteiger partial charge in [-0.15, -0.1) is 0 Å². The van der Waals surface area contributed by atoms with Crippen molar-refractivity contribution in [2.24, 2.45) is 0 Å². The molecule has 0 radical (unpaired) electrons. The van der Waals surface area contributed by atoms with Crippen LogP contribution in [0.4, 0.5) is 0 Å². The van der Waals surface area contributed by atoms with Gasteiger partial charge in [0, 0.05) is 19.5 Å². The number of likely N-dealkylation sites (N-methyl/N-ethyl adjacent to an activating group) is 1. The summed E-state index contributed by atoms with van der Waals surface area (Å²) in [5.74, 6) is -0.0778. The second-order valence-corrected chi connectivity index (χ2v) is 5.51. The minimum atomic E-state index is -0.352. The summed E-state index contributed by atoms with van der Waals surface area (Å²) in [5, 5.41) is 3.79. The molecule has 0 aromatic heterocycles. The number of hydrogen-bond donors (Lipinski definition) is 1. The molecular formula is C14H16Cl2N2O2. The van der Waals surface area contributed by atoms with Gasteiger partial charge in [-0.1, -0.05) is 29.3 Å². The standard InChI is InChI=1S/C14H16Cl2N2O2/c1-2-18-12(5-6-13(18)19)14(20)17-8-9-3-4-10(15)11(16)7-9/h3-4,7,12H,2,5-6,8H2,1H3,(H,17,20)/t12-/m0/s1. The fourth-order valence-electron chi connectivity index (χ4n) is 2.36. The Kier molecular flexibility index (Phi) is 4.89. The van der Waals surface area contributed by atoms with Gasteiger partial charge in [0.05, 0.1) is 10.0 Å². The van der Waals surface area contributed by atoms with E-state index < -0.39 is 0 Å². The van der Waals surface area contributed by atoms with Crippen LogP contribution >= 0.6 is 23.2 Å². The maximum Gasteiger partial charge on any atom is 0.243 e. The Morgan fingerprint density at radius 1 is 1.40 bits per heavy atom. The molecule has 2 rings (SSSR count). The molecule has 0 unspecified atom stereocenters. The third kappa shape index (κ3) is 3.25. The molecule has 1 heterocycles. The number of benzene rings is 1. The first-order chi connectivity index (χ1) is 9.52. The molecule has 1 aromatic rings. The number of amides is 2. The summed E-state index contributed by atoms with van der Waals surface area (Å²) in [6.07, 6.45) is 1.03. The summed E-state index contributed by atoms with van der Waals surface area (Å²) >= 11 is 11.8. The lowest BCUT2D eigenvalue weighted by Gasteiger charge is -2.22. The van der Waals surface area contributed by atoms with Gasteiger partial charge in [-0.2, -0.15) is 0 Å². The predicted molar refractivity (Wildman–Crippen MR) is 78.7 cm³/mol. The van der Waals surface area contributed by atoms with E-state index >= 15 is 0 Å². The van der Waals surface area contributed by atoms with Crippen LogP contribution in [0.25, 0.3) is 0 Å². The minimum Gasteiger partial charge on any atom is -0.350 e. The van der Waals surface area contributed by atoms with Crippen LogP contribution in [-0.2, 0) is 16.1 Å². The number of hydrogen-bond acceptors (Lipinski definition) is 2. The van der Waals surface area contributed by atoms with Crippen LogP contribution in [0.15, 0.2) is 18.2 Å². The second-order valence-electron chi connectivity index (χ2n) is 4.70. The quantitative estimate of drug-likeness (QED) is 0.928. The van der Waals surface area contributed by atoms with Gasteiger partial charge in [-0.05, 0) is 31.0 Å². The Morgan fingerprint density at radius 3 is 2.80 bits per heavy atom. The SMILES string of the molecule is CCN1C(=O)CC[C@H]1C(=O)NCc1ccc(Cl)c(Cl)c1. The molecule has 2 amide bonds. The fourth-order valence-corrected chi connectivity index (χ4v) is 2.68. The lowest BCUT2D eigenvalue weighted by atomic mass is 10.2. The highest BCUT2D eigenvalue weighted by molar-refractivity contribution is 6.42. The smallest absolute Gasteiger partial charge is 0.243 e. The van der Waals surface area contributed by atoms with Crippen LogP contribution in [0.2, 0.25) is 10.0 Å². The molecule has 4 nitrogen and oxygen atoms in total. The highest BCUT2D eigenvalue weighted by Crippen LogP contribution is 2.23. The van der Waals surface area contributed by atoms with Crippen LogP contribution in [0, 0.1) is 0 Å². The van der Waals surface area contributed by atoms with Crippen LogP contribution in [-0.4, -0.2) is 29.3 Å². The van der Waals surface area contributed by atoms with Crippen LogP contribution in [0.5, 0.6) is 0 Å². The second kappa shape index (κ2) is 6.46. The molecule has 0 bridgehead atoms. The fraction of sp³-hybridized carbons (Fsp3) is 0.429. The van der Waals surface area contributed by atoms with Gasteiger partial charge < -0.3 is 10.2 Å². The Labute approximate surface area is 128 Å². The highest BCUT2D eigenvalue weighted by Gasteiger charge is 2.34. The molecule has 1 aromatic carbocycles. The Morgan fingerprint density at radius 2 is 2.15 bits per heavy atom. The van der Waals surface area contributed by atoms with Gasteiger partial charge in [0.1, 0.15) is 6.04 Å². The molecule has 20 heavy (non-hydrogen) atoms. The lowest BCUT2D eigenvalue weighted by Crippen LogP contribution is -2.44. The molecular weight excluding hydrogens is 299 g/mol. The monoisotopic (exact) mass is 314 g/mol. The molecule has 1 aliphatic rings. The van der Waals surface area contributed by atoms with Gasteiger partial charge in [-0.25, -0.2) is 0 Å². The summed E-state index contributed by atoms with van der Waals surface area (Å²) in [6.45, 7) is 2.81. The van der Waals surface area contributed by atoms with Crippen molar-refractivity contribution in [1.29, 1.82) is 0 Å². The molecule has 1 fully saturated rings. The summed E-state index contributed by atoms with van der Waals surface area (Å²) in [4.78, 5) is 25.3. The van der Waals surface area contributed by atoms with Crippen LogP contribution in [0.1, 0.15) is 25.3 Å². The topological polar surface area (TPSA) is 49.4 Å². The normalized spacial score (nSPS) is 18.4. The highest BCUT2D eigenvalue weighted by atomic mass is 35.5. The van der Waals surface area contributed by atoms with E-state index in [0.717, 1.165) is 5.56 Å². The zero-order valence-electron chi connectivity index (χ0n) is 11.2. The first kappa shape index (κ1) is 15.1. The molecule has 1 aliphatic heterocycles. The van der Waals surface area contributed by atoms with Crippen molar-refractivity contribution in [2.45, 2.75) is 32.4 Å². The number of rotatable bonds is 4. The predicted octanol–water partition coefficient (Wildman–Crippen LogP) is 2.62. The van der Waals surface area contributed by atoms with Gasteiger partial charge in [0.15, 0.2) is 0 Å². The first-order valence-corrected chi connectivity index (χ1v) is 7.29. The van der Waals surface area contributed by atoms with Crippen molar-refractivity contribution in [1.82, 2.24) is 10.2 Å². The molecule has 0 saturated carbocycles. The van der Waals surface area contributed by atoms with E-state index in [-0.39, 0.29) is 17.9 Å². The van der Waals surface area contributed by atoms with Crippen molar-refractivity contribution in [3.8, 4) is 0 Å². The van der Waals surface area contributed by atoms with Crippen molar-refractivity contribution in [3.05, 3.63) is 33.8 Å². The van der Waals surface area contributed by atoms with Crippen LogP contribution in [0.3, 0.4) is 0 Å². The van der Waals surface area contributed by atoms with Gasteiger partial charge in [-0.3, -0.25) is 9.59 Å². The minimum absolute atomic E-state index is 0.0437. The largest absolute Gasteiger partial charge is 0.350 e. The van der Waals surface area contributed by atoms with Crippen molar-refractivity contribution in [2.75, 3.05) is 6.54 Å². The molecule has 0 aliphatic carbocycles. The van der Waals surface area contributed by atoms with Crippen molar-refractivity contribution < 1.29 is 9.59 Å². The lowest BCUT2D eigenvalue weighted by molar-refractivity contribution is -0.135. The Balaban J connectivity index is 1.95.